The van der Waals surface area contributed by atoms with Crippen LogP contribution in [0.1, 0.15) is 31.7 Å². The van der Waals surface area contributed by atoms with Gasteiger partial charge in [0.15, 0.2) is 11.9 Å². The number of nitro groups is 1. The van der Waals surface area contributed by atoms with Crippen LogP contribution in [0, 0.1) is 21.4 Å². The normalized spacial score (nSPS) is 11.3. The molecule has 0 saturated carbocycles. The van der Waals surface area contributed by atoms with E-state index >= 15 is 0 Å². The Morgan fingerprint density at radius 2 is 1.89 bits per heavy atom. The van der Waals surface area contributed by atoms with Crippen molar-refractivity contribution in [3.8, 4) is 22.9 Å². The van der Waals surface area contributed by atoms with Crippen molar-refractivity contribution in [2.75, 3.05) is 7.11 Å². The van der Waals surface area contributed by atoms with Gasteiger partial charge in [0.1, 0.15) is 0 Å². The zero-order chi connectivity index (χ0) is 19.8. The van der Waals surface area contributed by atoms with Crippen LogP contribution in [0.3, 0.4) is 0 Å². The van der Waals surface area contributed by atoms with Crippen LogP contribution < -0.4 is 4.74 Å². The highest BCUT2D eigenvalue weighted by atomic mass is 16.6. The fourth-order valence-corrected chi connectivity index (χ4v) is 2.58. The lowest BCUT2D eigenvalue weighted by Crippen LogP contribution is -2.28. The molecule has 2 aromatic rings. The smallest absolute Gasteiger partial charge is 0.347 e. The molecule has 0 aliphatic heterocycles. The first-order valence-electron chi connectivity index (χ1n) is 8.53. The SMILES string of the molecule is CCCCC(Oc1ccc(-c2ccc(C#N)cc2)cc1[N+](=O)[O-])C(=O)OC. The van der Waals surface area contributed by atoms with Gasteiger partial charge in [-0.05, 0) is 42.2 Å². The van der Waals surface area contributed by atoms with Crippen molar-refractivity contribution < 1.29 is 19.2 Å². The second kappa shape index (κ2) is 9.34. The summed E-state index contributed by atoms with van der Waals surface area (Å²) in [5.74, 6) is -0.544. The lowest BCUT2D eigenvalue weighted by atomic mass is 10.0. The van der Waals surface area contributed by atoms with Crippen molar-refractivity contribution in [2.45, 2.75) is 32.3 Å². The van der Waals surface area contributed by atoms with Crippen LogP contribution in [-0.2, 0) is 9.53 Å². The third-order valence-corrected chi connectivity index (χ3v) is 4.06. The van der Waals surface area contributed by atoms with Crippen molar-refractivity contribution in [2.24, 2.45) is 0 Å². The fraction of sp³-hybridized carbons (Fsp3) is 0.300. The Balaban J connectivity index is 2.35. The molecule has 1 atom stereocenters. The highest BCUT2D eigenvalue weighted by molar-refractivity contribution is 5.75. The number of ether oxygens (including phenoxy) is 2. The molecule has 0 amide bonds. The van der Waals surface area contributed by atoms with E-state index in [2.05, 4.69) is 0 Å². The molecule has 0 saturated heterocycles. The van der Waals surface area contributed by atoms with E-state index in [9.17, 15) is 14.9 Å². The lowest BCUT2D eigenvalue weighted by Gasteiger charge is -2.17. The summed E-state index contributed by atoms with van der Waals surface area (Å²) in [6.07, 6.45) is 1.11. The first kappa shape index (κ1) is 19.9. The molecule has 0 aliphatic carbocycles. The number of rotatable bonds is 8. The van der Waals surface area contributed by atoms with Gasteiger partial charge in [-0.3, -0.25) is 10.1 Å². The number of carbonyl (C=O) groups is 1. The van der Waals surface area contributed by atoms with Gasteiger partial charge in [-0.25, -0.2) is 4.79 Å². The summed E-state index contributed by atoms with van der Waals surface area (Å²) in [5.41, 5.74) is 1.62. The zero-order valence-corrected chi connectivity index (χ0v) is 15.2. The lowest BCUT2D eigenvalue weighted by molar-refractivity contribution is -0.386. The fourth-order valence-electron chi connectivity index (χ4n) is 2.58. The molecule has 0 bridgehead atoms. The number of nitriles is 1. The van der Waals surface area contributed by atoms with Crippen molar-refractivity contribution in [3.05, 3.63) is 58.1 Å². The Kier molecular flexibility index (Phi) is 6.89. The number of nitrogens with zero attached hydrogens (tertiary/aromatic N) is 2. The Morgan fingerprint density at radius 3 is 2.44 bits per heavy atom. The first-order valence-corrected chi connectivity index (χ1v) is 8.53. The van der Waals surface area contributed by atoms with Crippen LogP contribution in [0.2, 0.25) is 0 Å². The van der Waals surface area contributed by atoms with Gasteiger partial charge in [0.25, 0.3) is 0 Å². The van der Waals surface area contributed by atoms with Crippen LogP contribution in [0.4, 0.5) is 5.69 Å². The Labute approximate surface area is 157 Å². The quantitative estimate of drug-likeness (QED) is 0.392. The number of hydrogen-bond donors (Lipinski definition) is 0. The molecule has 0 radical (unpaired) electrons. The van der Waals surface area contributed by atoms with Crippen LogP contribution in [0.5, 0.6) is 5.75 Å². The molecule has 0 aromatic heterocycles. The van der Waals surface area contributed by atoms with Gasteiger partial charge in [-0.1, -0.05) is 31.5 Å². The first-order chi connectivity index (χ1) is 13.0. The van der Waals surface area contributed by atoms with Crippen LogP contribution in [0.15, 0.2) is 42.5 Å². The van der Waals surface area contributed by atoms with Gasteiger partial charge in [0, 0.05) is 6.07 Å². The predicted molar refractivity (Wildman–Crippen MR) is 99.2 cm³/mol. The van der Waals surface area contributed by atoms with Crippen LogP contribution in [0.25, 0.3) is 11.1 Å². The molecule has 1 unspecified atom stereocenters. The zero-order valence-electron chi connectivity index (χ0n) is 15.2. The molecule has 7 heteroatoms. The van der Waals surface area contributed by atoms with Gasteiger partial charge < -0.3 is 9.47 Å². The second-order valence-corrected chi connectivity index (χ2v) is 5.90. The summed E-state index contributed by atoms with van der Waals surface area (Å²) in [6, 6.07) is 13.3. The van der Waals surface area contributed by atoms with E-state index in [1.807, 2.05) is 13.0 Å². The van der Waals surface area contributed by atoms with Gasteiger partial charge >= 0.3 is 11.7 Å². The number of carbonyl (C=O) groups excluding carboxylic acids is 1. The molecular weight excluding hydrogens is 348 g/mol. The molecule has 0 N–H and O–H groups in total. The molecule has 0 aliphatic rings. The Morgan fingerprint density at radius 1 is 1.22 bits per heavy atom. The van der Waals surface area contributed by atoms with E-state index in [0.717, 1.165) is 18.4 Å². The summed E-state index contributed by atoms with van der Waals surface area (Å²) in [6.45, 7) is 1.98. The largest absolute Gasteiger partial charge is 0.472 e. The maximum Gasteiger partial charge on any atom is 0.347 e. The van der Waals surface area contributed by atoms with Gasteiger partial charge in [0.05, 0.1) is 23.7 Å². The van der Waals surface area contributed by atoms with Crippen molar-refractivity contribution in [1.29, 1.82) is 5.26 Å². The van der Waals surface area contributed by atoms with Crippen LogP contribution in [-0.4, -0.2) is 24.1 Å². The van der Waals surface area contributed by atoms with Crippen LogP contribution >= 0.6 is 0 Å². The van der Waals surface area contributed by atoms with Crippen molar-refractivity contribution >= 4 is 11.7 Å². The Bertz CT molecular complexity index is 856. The molecule has 140 valence electrons. The van der Waals surface area contributed by atoms with Gasteiger partial charge in [0.2, 0.25) is 0 Å². The number of unbranched alkanes of at least 4 members (excludes halogenated alkanes) is 1. The van der Waals surface area contributed by atoms with E-state index in [1.54, 1.807) is 30.3 Å². The minimum atomic E-state index is -0.894. The molecule has 7 nitrogen and oxygen atoms in total. The summed E-state index contributed by atoms with van der Waals surface area (Å²) in [7, 11) is 1.26. The second-order valence-electron chi connectivity index (χ2n) is 5.90. The Hall–Kier alpha value is -3.40. The topological polar surface area (TPSA) is 102 Å². The van der Waals surface area contributed by atoms with Gasteiger partial charge in [-0.2, -0.15) is 5.26 Å². The average Bonchev–Trinajstić information content (AvgIpc) is 2.70. The molecule has 0 spiro atoms. The minimum absolute atomic E-state index is 0.0175. The van der Waals surface area contributed by atoms with Crippen molar-refractivity contribution in [3.63, 3.8) is 0 Å². The average molecular weight is 368 g/mol. The predicted octanol–water partition coefficient (Wildman–Crippen LogP) is 4.24. The summed E-state index contributed by atoms with van der Waals surface area (Å²) in [5, 5.41) is 20.4. The summed E-state index contributed by atoms with van der Waals surface area (Å²) < 4.78 is 10.4. The maximum atomic E-state index is 11.9. The molecular formula is C20H20N2O5. The summed E-state index contributed by atoms with van der Waals surface area (Å²) >= 11 is 0. The third-order valence-electron chi connectivity index (χ3n) is 4.06. The van der Waals surface area contributed by atoms with E-state index in [4.69, 9.17) is 14.7 Å². The van der Waals surface area contributed by atoms with E-state index < -0.39 is 17.0 Å². The third kappa shape index (κ3) is 5.05. The van der Waals surface area contributed by atoms with E-state index in [0.29, 0.717) is 17.5 Å². The monoisotopic (exact) mass is 368 g/mol. The minimum Gasteiger partial charge on any atom is -0.472 e. The number of methoxy groups -OCH3 is 1. The molecule has 27 heavy (non-hydrogen) atoms. The van der Waals surface area contributed by atoms with E-state index in [1.165, 1.54) is 19.2 Å². The highest BCUT2D eigenvalue weighted by Crippen LogP contribution is 2.33. The van der Waals surface area contributed by atoms with Crippen molar-refractivity contribution in [1.82, 2.24) is 0 Å². The maximum absolute atomic E-state index is 11.9. The number of benzene rings is 2. The highest BCUT2D eigenvalue weighted by Gasteiger charge is 2.25. The number of esters is 1. The molecule has 0 heterocycles. The molecule has 2 rings (SSSR count). The number of nitro benzene ring substituents is 1. The summed E-state index contributed by atoms with van der Waals surface area (Å²) in [4.78, 5) is 22.9. The number of hydrogen-bond acceptors (Lipinski definition) is 6. The molecule has 0 fully saturated rings. The standard InChI is InChI=1S/C20H20N2O5/c1-3-4-5-19(20(23)26-2)27-18-11-10-16(12-17(18)22(24)25)15-8-6-14(13-21)7-9-15/h6-12,19H,3-5H2,1-2H3. The molecule has 2 aromatic carbocycles. The van der Waals surface area contributed by atoms with E-state index in [-0.39, 0.29) is 11.4 Å². The van der Waals surface area contributed by atoms with Gasteiger partial charge in [-0.15, -0.1) is 0 Å².